The van der Waals surface area contributed by atoms with E-state index in [0.717, 1.165) is 7.11 Å². The van der Waals surface area contributed by atoms with E-state index in [0.29, 0.717) is 0 Å². The van der Waals surface area contributed by atoms with E-state index in [1.807, 2.05) is 0 Å². The SMILES string of the molecule is COC(=O)c1c(C)nc(C)c(C(=O)OC(C)(C)COC2OC(C(=O)O)C(O)C(O)C2O)c1-c1cccc([N+](=O)[O-])c1. The predicted octanol–water partition coefficient (Wildman–Crippen LogP) is 0.904. The summed E-state index contributed by atoms with van der Waals surface area (Å²) in [5.74, 6) is -3.43. The van der Waals surface area contributed by atoms with Crippen LogP contribution in [0, 0.1) is 24.0 Å². The highest BCUT2D eigenvalue weighted by molar-refractivity contribution is 6.07. The Morgan fingerprint density at radius 3 is 2.22 bits per heavy atom. The lowest BCUT2D eigenvalue weighted by Crippen LogP contribution is -2.60. The van der Waals surface area contributed by atoms with E-state index in [1.54, 1.807) is 0 Å². The second-order valence-electron chi connectivity index (χ2n) is 9.90. The van der Waals surface area contributed by atoms with E-state index in [2.05, 4.69) is 4.98 Å². The Kier molecular flexibility index (Phi) is 9.40. The Labute approximate surface area is 233 Å². The average molecular weight is 579 g/mol. The van der Waals surface area contributed by atoms with Crippen molar-refractivity contribution in [2.24, 2.45) is 0 Å². The first kappa shape index (κ1) is 31.5. The van der Waals surface area contributed by atoms with Crippen LogP contribution in [0.15, 0.2) is 24.3 Å². The lowest BCUT2D eigenvalue weighted by Gasteiger charge is -2.39. The maximum atomic E-state index is 13.6. The first-order chi connectivity index (χ1) is 19.1. The summed E-state index contributed by atoms with van der Waals surface area (Å²) in [6.45, 7) is 5.36. The maximum absolute atomic E-state index is 13.6. The monoisotopic (exact) mass is 578 g/mol. The number of carbonyl (C=O) groups is 3. The Morgan fingerprint density at radius 1 is 1.05 bits per heavy atom. The highest BCUT2D eigenvalue weighted by atomic mass is 16.7. The molecule has 15 heteroatoms. The van der Waals surface area contributed by atoms with Gasteiger partial charge >= 0.3 is 17.9 Å². The molecule has 222 valence electrons. The Morgan fingerprint density at radius 2 is 1.66 bits per heavy atom. The van der Waals surface area contributed by atoms with E-state index in [1.165, 1.54) is 52.0 Å². The van der Waals surface area contributed by atoms with Crippen molar-refractivity contribution < 1.29 is 58.7 Å². The van der Waals surface area contributed by atoms with Crippen molar-refractivity contribution in [2.45, 2.75) is 64.0 Å². The fourth-order valence-electron chi connectivity index (χ4n) is 4.32. The van der Waals surface area contributed by atoms with Gasteiger partial charge in [-0.1, -0.05) is 12.1 Å². The zero-order chi connectivity index (χ0) is 30.8. The summed E-state index contributed by atoms with van der Waals surface area (Å²) < 4.78 is 21.0. The third-order valence-corrected chi connectivity index (χ3v) is 6.28. The number of methoxy groups -OCH3 is 1. The molecule has 0 aliphatic carbocycles. The van der Waals surface area contributed by atoms with Gasteiger partial charge in [0.15, 0.2) is 12.4 Å². The Hall–Kier alpha value is -4.02. The summed E-state index contributed by atoms with van der Waals surface area (Å²) >= 11 is 0. The van der Waals surface area contributed by atoms with Crippen LogP contribution in [0.3, 0.4) is 0 Å². The maximum Gasteiger partial charge on any atom is 0.341 e. The molecule has 2 heterocycles. The van der Waals surface area contributed by atoms with Crippen molar-refractivity contribution >= 4 is 23.6 Å². The number of ether oxygens (including phenoxy) is 4. The van der Waals surface area contributed by atoms with Crippen molar-refractivity contribution in [3.05, 3.63) is 56.9 Å². The van der Waals surface area contributed by atoms with Crippen LogP contribution in [-0.4, -0.2) is 98.3 Å². The van der Waals surface area contributed by atoms with Gasteiger partial charge in [0.2, 0.25) is 0 Å². The highest BCUT2D eigenvalue weighted by Crippen LogP contribution is 2.35. The molecule has 3 rings (SSSR count). The van der Waals surface area contributed by atoms with E-state index in [4.69, 9.17) is 18.9 Å². The van der Waals surface area contributed by atoms with Crippen LogP contribution in [0.1, 0.15) is 46.0 Å². The predicted molar refractivity (Wildman–Crippen MR) is 137 cm³/mol. The van der Waals surface area contributed by atoms with Gasteiger partial charge in [-0.05, 0) is 33.3 Å². The lowest BCUT2D eigenvalue weighted by atomic mass is 9.92. The highest BCUT2D eigenvalue weighted by Gasteiger charge is 2.48. The molecule has 1 aliphatic rings. The van der Waals surface area contributed by atoms with Gasteiger partial charge in [0.1, 0.15) is 23.9 Å². The molecule has 0 bridgehead atoms. The summed E-state index contributed by atoms with van der Waals surface area (Å²) in [6, 6.07) is 5.29. The molecule has 1 aliphatic heterocycles. The summed E-state index contributed by atoms with van der Waals surface area (Å²) in [5, 5.41) is 50.7. The van der Waals surface area contributed by atoms with Crippen LogP contribution in [0.2, 0.25) is 0 Å². The molecule has 0 radical (unpaired) electrons. The molecular weight excluding hydrogens is 548 g/mol. The molecule has 2 aromatic rings. The van der Waals surface area contributed by atoms with Gasteiger partial charge in [-0.15, -0.1) is 0 Å². The van der Waals surface area contributed by atoms with Gasteiger partial charge in [-0.2, -0.15) is 0 Å². The molecule has 0 saturated carbocycles. The van der Waals surface area contributed by atoms with Crippen molar-refractivity contribution in [3.63, 3.8) is 0 Å². The molecule has 4 N–H and O–H groups in total. The minimum absolute atomic E-state index is 0.000264. The number of pyridine rings is 1. The number of carbonyl (C=O) groups excluding carboxylic acids is 2. The molecule has 1 fully saturated rings. The number of aliphatic carboxylic acids is 1. The van der Waals surface area contributed by atoms with Crippen LogP contribution in [-0.2, 0) is 23.7 Å². The second kappa shape index (κ2) is 12.2. The molecule has 0 spiro atoms. The van der Waals surface area contributed by atoms with E-state index >= 15 is 0 Å². The van der Waals surface area contributed by atoms with Crippen LogP contribution >= 0.6 is 0 Å². The van der Waals surface area contributed by atoms with E-state index in [9.17, 15) is 44.9 Å². The molecule has 5 unspecified atom stereocenters. The number of hydrogen-bond acceptors (Lipinski definition) is 13. The van der Waals surface area contributed by atoms with Gasteiger partial charge in [0.25, 0.3) is 5.69 Å². The van der Waals surface area contributed by atoms with Crippen molar-refractivity contribution in [2.75, 3.05) is 13.7 Å². The standard InChI is InChI=1S/C26H30N2O13/c1-11-15(23(34)38-5)17(13-7-6-8-14(9-13)28(36)37)16(12(2)27-11)24(35)41-26(3,4)10-39-25-20(31)18(29)19(30)21(40-25)22(32)33/h6-9,18-21,25,29-31H,10H2,1-5H3,(H,32,33). The third kappa shape index (κ3) is 6.66. The second-order valence-corrected chi connectivity index (χ2v) is 9.90. The fraction of sp³-hybridized carbons (Fsp3) is 0.462. The number of aryl methyl sites for hydroxylation is 2. The number of aliphatic hydroxyl groups excluding tert-OH is 3. The number of aromatic nitrogens is 1. The summed E-state index contributed by atoms with van der Waals surface area (Å²) in [7, 11) is 1.13. The Bertz CT molecular complexity index is 1360. The number of aliphatic hydroxyl groups is 3. The normalized spacial score (nSPS) is 22.6. The minimum Gasteiger partial charge on any atom is -0.479 e. The number of hydrogen-bond donors (Lipinski definition) is 4. The van der Waals surface area contributed by atoms with Crippen LogP contribution in [0.5, 0.6) is 0 Å². The zero-order valence-corrected chi connectivity index (χ0v) is 22.8. The number of nitro groups is 1. The van der Waals surface area contributed by atoms with Crippen molar-refractivity contribution in [1.82, 2.24) is 4.98 Å². The van der Waals surface area contributed by atoms with E-state index in [-0.39, 0.29) is 39.3 Å². The van der Waals surface area contributed by atoms with E-state index < -0.39 is 65.7 Å². The fourth-order valence-corrected chi connectivity index (χ4v) is 4.32. The summed E-state index contributed by atoms with van der Waals surface area (Å²) in [6.07, 6.45) is -9.21. The molecule has 15 nitrogen and oxygen atoms in total. The number of esters is 2. The molecular formula is C26H30N2O13. The molecule has 1 aromatic heterocycles. The third-order valence-electron chi connectivity index (χ3n) is 6.28. The number of carboxylic acid groups (broad SMARTS) is 1. The molecule has 1 aromatic carbocycles. The van der Waals surface area contributed by atoms with Gasteiger partial charge < -0.3 is 39.4 Å². The van der Waals surface area contributed by atoms with Gasteiger partial charge in [-0.3, -0.25) is 15.1 Å². The number of benzene rings is 1. The first-order valence-corrected chi connectivity index (χ1v) is 12.2. The number of non-ortho nitro benzene ring substituents is 1. The van der Waals surface area contributed by atoms with Crippen LogP contribution < -0.4 is 0 Å². The molecule has 41 heavy (non-hydrogen) atoms. The topological polar surface area (TPSA) is 225 Å². The number of carboxylic acids is 1. The molecule has 5 atom stereocenters. The number of nitrogens with zero attached hydrogens (tertiary/aromatic N) is 2. The quantitative estimate of drug-likeness (QED) is 0.184. The zero-order valence-electron chi connectivity index (χ0n) is 22.8. The lowest BCUT2D eigenvalue weighted by molar-refractivity contribution is -0.384. The Balaban J connectivity index is 1.97. The smallest absolute Gasteiger partial charge is 0.341 e. The minimum atomic E-state index is -1.92. The number of nitro benzene ring substituents is 1. The molecule has 1 saturated heterocycles. The van der Waals surface area contributed by atoms with Crippen LogP contribution in [0.4, 0.5) is 5.69 Å². The summed E-state index contributed by atoms with van der Waals surface area (Å²) in [4.78, 5) is 52.8. The van der Waals surface area contributed by atoms with Crippen molar-refractivity contribution in [3.8, 4) is 11.1 Å². The van der Waals surface area contributed by atoms with Gasteiger partial charge in [-0.25, -0.2) is 14.4 Å². The van der Waals surface area contributed by atoms with Gasteiger partial charge in [0, 0.05) is 17.7 Å². The van der Waals surface area contributed by atoms with Crippen molar-refractivity contribution in [1.29, 1.82) is 0 Å². The average Bonchev–Trinajstić information content (AvgIpc) is 2.90. The van der Waals surface area contributed by atoms with Gasteiger partial charge in [0.05, 0.1) is 41.2 Å². The first-order valence-electron chi connectivity index (χ1n) is 12.2. The van der Waals surface area contributed by atoms with Crippen LogP contribution in [0.25, 0.3) is 11.1 Å². The largest absolute Gasteiger partial charge is 0.479 e. The molecule has 0 amide bonds. The summed E-state index contributed by atoms with van der Waals surface area (Å²) in [5.41, 5.74) is -1.56. The number of rotatable bonds is 9.